The Morgan fingerprint density at radius 3 is 2.25 bits per heavy atom. The minimum atomic E-state index is -0.151. The average Bonchev–Trinajstić information content (AvgIpc) is 3.55. The first kappa shape index (κ1) is 22.5. The lowest BCUT2D eigenvalue weighted by molar-refractivity contribution is -0.114. The molecule has 0 spiro atoms. The molecule has 6 nitrogen and oxygen atoms in total. The average molecular weight is 508 g/mol. The Kier molecular flexibility index (Phi) is 5.75. The van der Waals surface area contributed by atoms with Crippen LogP contribution in [0.15, 0.2) is 105 Å². The summed E-state index contributed by atoms with van der Waals surface area (Å²) in [4.78, 5) is 18.2. The molecule has 1 amide bonds. The molecule has 0 fully saturated rings. The second-order valence-electron chi connectivity index (χ2n) is 8.30. The predicted molar refractivity (Wildman–Crippen MR) is 147 cm³/mol. The molecule has 176 valence electrons. The van der Waals surface area contributed by atoms with E-state index < -0.39 is 0 Å². The number of para-hydroxylation sites is 3. The van der Waals surface area contributed by atoms with Crippen molar-refractivity contribution in [1.82, 2.24) is 14.8 Å². The van der Waals surface area contributed by atoms with Crippen molar-refractivity contribution in [2.75, 3.05) is 5.01 Å². The van der Waals surface area contributed by atoms with E-state index in [1.54, 1.807) is 23.1 Å². The summed E-state index contributed by atoms with van der Waals surface area (Å²) in [7, 11) is 0. The SMILES string of the molecule is CC1=NN(c2ccccc2)C(=O)/C1=C/c1c(C)nn(-c2ccccc2)c1Sc1nc2ccccc2s1. The van der Waals surface area contributed by atoms with Crippen LogP contribution < -0.4 is 5.01 Å². The van der Waals surface area contributed by atoms with Crippen LogP contribution in [-0.2, 0) is 4.79 Å². The maximum atomic E-state index is 13.4. The molecule has 0 N–H and O–H groups in total. The van der Waals surface area contributed by atoms with Crippen LogP contribution in [0.2, 0.25) is 0 Å². The van der Waals surface area contributed by atoms with E-state index in [0.29, 0.717) is 11.3 Å². The first-order valence-corrected chi connectivity index (χ1v) is 13.1. The minimum Gasteiger partial charge on any atom is -0.267 e. The van der Waals surface area contributed by atoms with Crippen LogP contribution in [0.4, 0.5) is 5.69 Å². The number of aromatic nitrogens is 3. The maximum absolute atomic E-state index is 13.4. The fourth-order valence-electron chi connectivity index (χ4n) is 4.08. The monoisotopic (exact) mass is 507 g/mol. The third-order valence-electron chi connectivity index (χ3n) is 5.87. The molecule has 0 atom stereocenters. The van der Waals surface area contributed by atoms with E-state index >= 15 is 0 Å². The van der Waals surface area contributed by atoms with E-state index in [2.05, 4.69) is 11.2 Å². The zero-order chi connectivity index (χ0) is 24.6. The summed E-state index contributed by atoms with van der Waals surface area (Å²) in [5, 5.41) is 11.8. The molecule has 2 aromatic heterocycles. The van der Waals surface area contributed by atoms with Gasteiger partial charge in [0.15, 0.2) is 4.34 Å². The first-order valence-electron chi connectivity index (χ1n) is 11.4. The molecule has 5 aromatic rings. The van der Waals surface area contributed by atoms with Gasteiger partial charge in [0.25, 0.3) is 5.91 Å². The van der Waals surface area contributed by atoms with Crippen LogP contribution in [0, 0.1) is 6.92 Å². The van der Waals surface area contributed by atoms with E-state index in [-0.39, 0.29) is 5.91 Å². The Balaban J connectivity index is 1.46. The molecule has 0 bridgehead atoms. The number of hydrogen-bond donors (Lipinski definition) is 0. The molecule has 3 aromatic carbocycles. The van der Waals surface area contributed by atoms with Crippen LogP contribution in [0.25, 0.3) is 22.0 Å². The van der Waals surface area contributed by atoms with E-state index in [1.807, 2.05) is 103 Å². The zero-order valence-corrected chi connectivity index (χ0v) is 21.3. The molecule has 8 heteroatoms. The maximum Gasteiger partial charge on any atom is 0.280 e. The largest absolute Gasteiger partial charge is 0.280 e. The van der Waals surface area contributed by atoms with Gasteiger partial charge in [0.1, 0.15) is 5.03 Å². The summed E-state index contributed by atoms with van der Waals surface area (Å²) in [5.41, 5.74) is 5.60. The van der Waals surface area contributed by atoms with E-state index in [1.165, 1.54) is 5.01 Å². The molecular weight excluding hydrogens is 486 g/mol. The number of nitrogens with zero attached hydrogens (tertiary/aromatic N) is 5. The normalized spacial score (nSPS) is 14.7. The number of fused-ring (bicyclic) bond motifs is 1. The highest BCUT2D eigenvalue weighted by atomic mass is 32.2. The lowest BCUT2D eigenvalue weighted by atomic mass is 10.1. The summed E-state index contributed by atoms with van der Waals surface area (Å²) in [6.45, 7) is 3.83. The molecule has 0 radical (unpaired) electrons. The van der Waals surface area contributed by atoms with Crippen molar-refractivity contribution in [3.63, 3.8) is 0 Å². The molecule has 1 aliphatic rings. The summed E-state index contributed by atoms with van der Waals surface area (Å²) < 4.78 is 3.98. The number of hydrazone groups is 1. The lowest BCUT2D eigenvalue weighted by Gasteiger charge is -2.11. The number of amides is 1. The molecule has 36 heavy (non-hydrogen) atoms. The fourth-order valence-corrected chi connectivity index (χ4v) is 6.31. The van der Waals surface area contributed by atoms with Crippen LogP contribution in [0.5, 0.6) is 0 Å². The number of benzene rings is 3. The van der Waals surface area contributed by atoms with Gasteiger partial charge in [-0.05, 0) is 68.1 Å². The van der Waals surface area contributed by atoms with Gasteiger partial charge in [-0.15, -0.1) is 11.3 Å². The van der Waals surface area contributed by atoms with Crippen LogP contribution in [0.1, 0.15) is 18.2 Å². The molecule has 0 saturated heterocycles. The van der Waals surface area contributed by atoms with Gasteiger partial charge in [0.05, 0.1) is 38.6 Å². The Morgan fingerprint density at radius 2 is 1.53 bits per heavy atom. The molecule has 1 aliphatic heterocycles. The smallest absolute Gasteiger partial charge is 0.267 e. The van der Waals surface area contributed by atoms with Crippen molar-refractivity contribution in [3.8, 4) is 5.69 Å². The van der Waals surface area contributed by atoms with Crippen molar-refractivity contribution < 1.29 is 4.79 Å². The third kappa shape index (κ3) is 4.04. The van der Waals surface area contributed by atoms with Crippen molar-refractivity contribution in [1.29, 1.82) is 0 Å². The van der Waals surface area contributed by atoms with Gasteiger partial charge in [-0.25, -0.2) is 9.67 Å². The van der Waals surface area contributed by atoms with E-state index in [0.717, 1.165) is 42.2 Å². The summed E-state index contributed by atoms with van der Waals surface area (Å²) in [6.07, 6.45) is 1.92. The van der Waals surface area contributed by atoms with Gasteiger partial charge in [0, 0.05) is 5.56 Å². The number of anilines is 1. The van der Waals surface area contributed by atoms with E-state index in [4.69, 9.17) is 10.1 Å². The first-order chi connectivity index (χ1) is 17.6. The molecule has 0 saturated carbocycles. The summed E-state index contributed by atoms with van der Waals surface area (Å²) in [6, 6.07) is 27.6. The standard InChI is InChI=1S/C28H21N5OS2/c1-18-22(26(34)32(30-18)20-11-5-3-6-12-20)17-23-19(2)31-33(21-13-7-4-8-14-21)27(23)36-28-29-24-15-9-10-16-25(24)35-28/h3-17H,1-2H3/b22-17+. The molecule has 6 rings (SSSR count). The summed E-state index contributed by atoms with van der Waals surface area (Å²) >= 11 is 3.21. The van der Waals surface area contributed by atoms with Gasteiger partial charge in [-0.1, -0.05) is 48.5 Å². The van der Waals surface area contributed by atoms with Gasteiger partial charge in [-0.2, -0.15) is 15.2 Å². The Hall–Kier alpha value is -4.01. The molecule has 0 aliphatic carbocycles. The van der Waals surface area contributed by atoms with Crippen molar-refractivity contribution in [2.24, 2.45) is 5.10 Å². The van der Waals surface area contributed by atoms with Crippen LogP contribution in [-0.4, -0.2) is 26.4 Å². The van der Waals surface area contributed by atoms with Crippen LogP contribution in [0.3, 0.4) is 0 Å². The highest BCUT2D eigenvalue weighted by Gasteiger charge is 2.30. The Labute approximate surface area is 216 Å². The van der Waals surface area contributed by atoms with Crippen LogP contribution >= 0.6 is 23.1 Å². The highest BCUT2D eigenvalue weighted by Crippen LogP contribution is 2.39. The van der Waals surface area contributed by atoms with Crippen molar-refractivity contribution >= 4 is 56.7 Å². The quantitative estimate of drug-likeness (QED) is 0.247. The molecule has 3 heterocycles. The minimum absolute atomic E-state index is 0.151. The van der Waals surface area contributed by atoms with Crippen molar-refractivity contribution in [2.45, 2.75) is 23.2 Å². The number of carbonyl (C=O) groups is 1. The predicted octanol–water partition coefficient (Wildman–Crippen LogP) is 6.75. The number of hydrogen-bond acceptors (Lipinski definition) is 6. The lowest BCUT2D eigenvalue weighted by Crippen LogP contribution is -2.21. The topological polar surface area (TPSA) is 63.4 Å². The second-order valence-corrected chi connectivity index (χ2v) is 10.6. The second kappa shape index (κ2) is 9.22. The van der Waals surface area contributed by atoms with E-state index in [9.17, 15) is 4.79 Å². The number of aryl methyl sites for hydroxylation is 1. The van der Waals surface area contributed by atoms with Gasteiger partial charge >= 0.3 is 0 Å². The van der Waals surface area contributed by atoms with Crippen molar-refractivity contribution in [3.05, 3.63) is 102 Å². The van der Waals surface area contributed by atoms with Gasteiger partial charge in [-0.3, -0.25) is 4.79 Å². The molecular formula is C28H21N5OS2. The summed E-state index contributed by atoms with van der Waals surface area (Å²) in [5.74, 6) is -0.151. The number of carbonyl (C=O) groups excluding carboxylic acids is 1. The Morgan fingerprint density at radius 1 is 0.861 bits per heavy atom. The highest BCUT2D eigenvalue weighted by molar-refractivity contribution is 8.01. The van der Waals surface area contributed by atoms with Gasteiger partial charge < -0.3 is 0 Å². The number of thiazole rings is 1. The molecule has 0 unspecified atom stereocenters. The third-order valence-corrected chi connectivity index (χ3v) is 8.06. The number of rotatable bonds is 5. The Bertz CT molecular complexity index is 1620. The van der Waals surface area contributed by atoms with Gasteiger partial charge in [0.2, 0.25) is 0 Å². The fraction of sp³-hybridized carbons (Fsp3) is 0.0714. The zero-order valence-electron chi connectivity index (χ0n) is 19.6.